The number of hydrogen-bond donors (Lipinski definition) is 2. The molecule has 3 N–H and O–H groups in total. The van der Waals surface area contributed by atoms with Gasteiger partial charge in [0, 0.05) is 12.6 Å². The van der Waals surface area contributed by atoms with E-state index in [1.165, 1.54) is 21.0 Å². The summed E-state index contributed by atoms with van der Waals surface area (Å²) < 4.78 is 37.2. The number of hydrogen-bond acceptors (Lipinski definition) is 6. The number of carbonyl (C=O) groups is 1. The van der Waals surface area contributed by atoms with Gasteiger partial charge in [-0.15, -0.1) is 0 Å². The number of carbonyl (C=O) groups excluding carboxylic acids is 1. The average molecular weight is 316 g/mol. The third kappa shape index (κ3) is 3.28. The van der Waals surface area contributed by atoms with Crippen LogP contribution in [0.15, 0.2) is 9.31 Å². The minimum absolute atomic E-state index is 0.0671. The van der Waals surface area contributed by atoms with Gasteiger partial charge in [0.15, 0.2) is 0 Å². The van der Waals surface area contributed by atoms with E-state index in [-0.39, 0.29) is 34.6 Å². The molecular weight excluding hydrogens is 296 g/mol. The lowest BCUT2D eigenvalue weighted by Crippen LogP contribution is -2.39. The molecule has 2 rings (SSSR count). The molecule has 0 bridgehead atoms. The summed E-state index contributed by atoms with van der Waals surface area (Å²) in [5.74, 6) is 0.00258. The van der Waals surface area contributed by atoms with E-state index in [2.05, 4.69) is 9.46 Å². The second-order valence-corrected chi connectivity index (χ2v) is 6.97. The molecule has 7 nitrogen and oxygen atoms in total. The minimum atomic E-state index is -3.88. The van der Waals surface area contributed by atoms with Crippen LogP contribution in [-0.2, 0) is 14.8 Å². The second-order valence-electron chi connectivity index (χ2n) is 5.26. The van der Waals surface area contributed by atoms with Gasteiger partial charge in [-0.05, 0) is 32.6 Å². The quantitative estimate of drug-likeness (QED) is 0.747. The van der Waals surface area contributed by atoms with Crippen LogP contribution in [0.1, 0.15) is 34.7 Å². The van der Waals surface area contributed by atoms with Gasteiger partial charge >= 0.3 is 5.97 Å². The Morgan fingerprint density at radius 1 is 1.43 bits per heavy atom. The normalized spacial score (nSPS) is 16.8. The molecule has 1 atom stereocenters. The largest absolute Gasteiger partial charge is 0.465 e. The summed E-state index contributed by atoms with van der Waals surface area (Å²) >= 11 is 0. The first-order valence-electron chi connectivity index (χ1n) is 6.71. The van der Waals surface area contributed by atoms with Crippen molar-refractivity contribution in [1.29, 1.82) is 0 Å². The second kappa shape index (κ2) is 5.78. The summed E-state index contributed by atoms with van der Waals surface area (Å²) in [6.07, 6.45) is 2.06. The molecule has 1 unspecified atom stereocenters. The highest BCUT2D eigenvalue weighted by atomic mass is 32.2. The van der Waals surface area contributed by atoms with Crippen LogP contribution in [0, 0.1) is 19.8 Å². The molecule has 0 radical (unpaired) electrons. The molecule has 1 fully saturated rings. The van der Waals surface area contributed by atoms with Crippen molar-refractivity contribution < 1.29 is 22.4 Å². The monoisotopic (exact) mass is 316 g/mol. The topological polar surface area (TPSA) is 112 Å². The van der Waals surface area contributed by atoms with E-state index in [9.17, 15) is 13.2 Å². The Kier molecular flexibility index (Phi) is 4.40. The summed E-state index contributed by atoms with van der Waals surface area (Å²) in [5, 5.41) is 0. The molecule has 0 aromatic carbocycles. The van der Waals surface area contributed by atoms with Crippen molar-refractivity contribution in [2.75, 3.05) is 13.7 Å². The zero-order valence-corrected chi connectivity index (χ0v) is 13.1. The fraction of sp³-hybridized carbons (Fsp3) is 0.615. The van der Waals surface area contributed by atoms with E-state index in [0.717, 1.165) is 12.8 Å². The third-order valence-corrected chi connectivity index (χ3v) is 5.18. The number of nitrogens with two attached hydrogens (primary N) is 1. The maximum Gasteiger partial charge on any atom is 0.342 e. The van der Waals surface area contributed by atoms with E-state index in [0.29, 0.717) is 5.92 Å². The maximum absolute atomic E-state index is 12.4. The molecule has 0 aliphatic heterocycles. The number of esters is 1. The van der Waals surface area contributed by atoms with Gasteiger partial charge in [0.25, 0.3) is 0 Å². The van der Waals surface area contributed by atoms with Crippen molar-refractivity contribution >= 4 is 16.0 Å². The van der Waals surface area contributed by atoms with Crippen LogP contribution in [0.5, 0.6) is 0 Å². The zero-order valence-electron chi connectivity index (χ0n) is 12.3. The summed E-state index contributed by atoms with van der Waals surface area (Å²) in [7, 11) is -2.69. The molecule has 1 aromatic heterocycles. The predicted octanol–water partition coefficient (Wildman–Crippen LogP) is 0.699. The van der Waals surface area contributed by atoms with Crippen molar-refractivity contribution in [2.45, 2.75) is 37.6 Å². The van der Waals surface area contributed by atoms with E-state index in [1.807, 2.05) is 0 Å². The number of aryl methyl sites for hydroxylation is 2. The van der Waals surface area contributed by atoms with Crippen LogP contribution >= 0.6 is 0 Å². The summed E-state index contributed by atoms with van der Waals surface area (Å²) in [4.78, 5) is 11.6. The van der Waals surface area contributed by atoms with Gasteiger partial charge in [0.1, 0.15) is 22.0 Å². The first kappa shape index (κ1) is 16.0. The highest BCUT2D eigenvalue weighted by Gasteiger charge is 2.33. The van der Waals surface area contributed by atoms with E-state index in [4.69, 9.17) is 10.2 Å². The maximum atomic E-state index is 12.4. The van der Waals surface area contributed by atoms with Crippen molar-refractivity contribution in [2.24, 2.45) is 11.7 Å². The molecule has 0 saturated heterocycles. The van der Waals surface area contributed by atoms with E-state index in [1.54, 1.807) is 0 Å². The Labute approximate surface area is 123 Å². The minimum Gasteiger partial charge on any atom is -0.465 e. The molecule has 1 aliphatic carbocycles. The van der Waals surface area contributed by atoms with Gasteiger partial charge < -0.3 is 14.9 Å². The molecule has 0 spiro atoms. The number of nitrogens with one attached hydrogen (secondary N) is 1. The Morgan fingerprint density at radius 2 is 2.05 bits per heavy atom. The lowest BCUT2D eigenvalue weighted by atomic mass is 10.2. The average Bonchev–Trinajstić information content (AvgIpc) is 3.20. The Bertz CT molecular complexity index is 646. The highest BCUT2D eigenvalue weighted by Crippen LogP contribution is 2.32. The van der Waals surface area contributed by atoms with Crippen molar-refractivity contribution in [3.63, 3.8) is 0 Å². The van der Waals surface area contributed by atoms with Crippen LogP contribution in [0.25, 0.3) is 0 Å². The Hall–Kier alpha value is -1.38. The Balaban J connectivity index is 2.28. The molecule has 1 heterocycles. The van der Waals surface area contributed by atoms with Gasteiger partial charge in [-0.25, -0.2) is 17.9 Å². The van der Waals surface area contributed by atoms with Gasteiger partial charge in [0.05, 0.1) is 7.11 Å². The van der Waals surface area contributed by atoms with Gasteiger partial charge in [0.2, 0.25) is 10.0 Å². The summed E-state index contributed by atoms with van der Waals surface area (Å²) in [6, 6.07) is -0.213. The van der Waals surface area contributed by atoms with E-state index < -0.39 is 16.0 Å². The van der Waals surface area contributed by atoms with Crippen LogP contribution < -0.4 is 10.5 Å². The fourth-order valence-electron chi connectivity index (χ4n) is 2.29. The Morgan fingerprint density at radius 3 is 2.57 bits per heavy atom. The lowest BCUT2D eigenvalue weighted by Gasteiger charge is -2.12. The smallest absolute Gasteiger partial charge is 0.342 e. The van der Waals surface area contributed by atoms with Gasteiger partial charge in [-0.2, -0.15) is 0 Å². The first-order valence-corrected chi connectivity index (χ1v) is 8.19. The molecular formula is C13H20N2O5S. The van der Waals surface area contributed by atoms with Crippen molar-refractivity contribution in [1.82, 2.24) is 4.72 Å². The molecule has 1 aromatic rings. The van der Waals surface area contributed by atoms with Crippen LogP contribution in [0.2, 0.25) is 0 Å². The van der Waals surface area contributed by atoms with Crippen molar-refractivity contribution in [3.8, 4) is 0 Å². The number of methoxy groups -OCH3 is 1. The fourth-order valence-corrected chi connectivity index (χ4v) is 3.77. The molecule has 118 valence electrons. The zero-order chi connectivity index (χ0) is 15.8. The highest BCUT2D eigenvalue weighted by molar-refractivity contribution is 7.89. The van der Waals surface area contributed by atoms with Gasteiger partial charge in [-0.1, -0.05) is 0 Å². The van der Waals surface area contributed by atoms with Crippen LogP contribution in [-0.4, -0.2) is 34.1 Å². The van der Waals surface area contributed by atoms with E-state index >= 15 is 0 Å². The SMILES string of the molecule is COC(=O)c1c(C)oc(C)c1S(=O)(=O)NCC(N)C1CC1. The third-order valence-electron chi connectivity index (χ3n) is 3.60. The number of furan rings is 1. The summed E-state index contributed by atoms with van der Waals surface area (Å²) in [6.45, 7) is 3.15. The molecule has 0 amide bonds. The molecule has 1 aliphatic rings. The molecule has 8 heteroatoms. The standard InChI is InChI=1S/C13H20N2O5S/c1-7-11(13(16)19-3)12(8(2)20-7)21(17,18)15-6-10(14)9-4-5-9/h9-10,15H,4-6,14H2,1-3H3. The lowest BCUT2D eigenvalue weighted by molar-refractivity contribution is 0.0595. The number of ether oxygens (including phenoxy) is 1. The molecule has 1 saturated carbocycles. The van der Waals surface area contributed by atoms with Crippen LogP contribution in [0.4, 0.5) is 0 Å². The number of rotatable bonds is 6. The number of sulfonamides is 1. The first-order chi connectivity index (χ1) is 9.77. The van der Waals surface area contributed by atoms with Crippen molar-refractivity contribution in [3.05, 3.63) is 17.1 Å². The van der Waals surface area contributed by atoms with Crippen LogP contribution in [0.3, 0.4) is 0 Å². The predicted molar refractivity (Wildman–Crippen MR) is 75.4 cm³/mol. The van der Waals surface area contributed by atoms with Gasteiger partial charge in [-0.3, -0.25) is 0 Å². The molecule has 21 heavy (non-hydrogen) atoms. The summed E-state index contributed by atoms with van der Waals surface area (Å²) in [5.41, 5.74) is 5.82.